The van der Waals surface area contributed by atoms with E-state index in [9.17, 15) is 14.7 Å². The van der Waals surface area contributed by atoms with Crippen LogP contribution >= 0.6 is 15.9 Å². The fraction of sp³-hybridized carbons (Fsp3) is 0.556. The number of hydrogen-bond acceptors (Lipinski definition) is 3. The third-order valence-corrected chi connectivity index (χ3v) is 5.31. The Morgan fingerprint density at radius 1 is 1.42 bits per heavy atom. The molecule has 6 heteroatoms. The largest absolute Gasteiger partial charge is 0.481 e. The van der Waals surface area contributed by atoms with E-state index in [0.29, 0.717) is 19.4 Å². The summed E-state index contributed by atoms with van der Waals surface area (Å²) in [7, 11) is 1.50. The van der Waals surface area contributed by atoms with Crippen molar-refractivity contribution in [1.29, 1.82) is 0 Å². The fourth-order valence-corrected chi connectivity index (χ4v) is 3.73. The Bertz CT molecular complexity index is 627. The minimum absolute atomic E-state index is 0.0537. The van der Waals surface area contributed by atoms with E-state index in [0.717, 1.165) is 10.0 Å². The summed E-state index contributed by atoms with van der Waals surface area (Å²) in [6.07, 6.45) is 1.19. The molecule has 1 saturated heterocycles. The van der Waals surface area contributed by atoms with Gasteiger partial charge >= 0.3 is 5.97 Å². The first kappa shape index (κ1) is 18.9. The molecule has 1 atom stereocenters. The molecular weight excluding hydrogens is 374 g/mol. The van der Waals surface area contributed by atoms with Crippen LogP contribution in [0.25, 0.3) is 0 Å². The van der Waals surface area contributed by atoms with Crippen molar-refractivity contribution in [3.8, 4) is 0 Å². The maximum absolute atomic E-state index is 13.1. The summed E-state index contributed by atoms with van der Waals surface area (Å²) < 4.78 is 6.05. The third kappa shape index (κ3) is 3.64. The second kappa shape index (κ2) is 7.23. The van der Waals surface area contributed by atoms with Gasteiger partial charge in [0.05, 0.1) is 12.0 Å². The van der Waals surface area contributed by atoms with Gasteiger partial charge in [0.2, 0.25) is 5.91 Å². The lowest BCUT2D eigenvalue weighted by Crippen LogP contribution is -2.55. The first-order valence-corrected chi connectivity index (χ1v) is 8.80. The summed E-state index contributed by atoms with van der Waals surface area (Å²) in [5, 5.41) is 9.65. The standard InChI is InChI=1S/C18H24BrNO4/c1-17(2,13-6-4-7-14(19)10-13)15(21)20-9-5-8-18(11-20,12-24-3)16(22)23/h4,6-7,10H,5,8-9,11-12H2,1-3H3,(H,22,23). The van der Waals surface area contributed by atoms with E-state index in [1.807, 2.05) is 38.1 Å². The Kier molecular flexibility index (Phi) is 5.71. The number of ether oxygens (including phenoxy) is 1. The van der Waals surface area contributed by atoms with Crippen LogP contribution in [-0.2, 0) is 19.7 Å². The zero-order valence-corrected chi connectivity index (χ0v) is 15.9. The first-order valence-electron chi connectivity index (χ1n) is 8.01. The Hall–Kier alpha value is -1.40. The highest BCUT2D eigenvalue weighted by atomic mass is 79.9. The molecule has 0 radical (unpaired) electrons. The second-order valence-corrected chi connectivity index (χ2v) is 7.90. The topological polar surface area (TPSA) is 66.8 Å². The highest BCUT2D eigenvalue weighted by Gasteiger charge is 2.46. The van der Waals surface area contributed by atoms with Crippen LogP contribution < -0.4 is 0 Å². The van der Waals surface area contributed by atoms with Gasteiger partial charge in [-0.1, -0.05) is 28.1 Å². The van der Waals surface area contributed by atoms with Crippen molar-refractivity contribution in [2.45, 2.75) is 32.1 Å². The number of likely N-dealkylation sites (tertiary alicyclic amines) is 1. The van der Waals surface area contributed by atoms with Gasteiger partial charge in [-0.3, -0.25) is 9.59 Å². The van der Waals surface area contributed by atoms with Crippen molar-refractivity contribution in [2.75, 3.05) is 26.8 Å². The number of methoxy groups -OCH3 is 1. The lowest BCUT2D eigenvalue weighted by atomic mass is 9.78. The molecule has 1 aromatic rings. The lowest BCUT2D eigenvalue weighted by Gasteiger charge is -2.42. The molecule has 1 unspecified atom stereocenters. The summed E-state index contributed by atoms with van der Waals surface area (Å²) in [5.41, 5.74) is -0.839. The monoisotopic (exact) mass is 397 g/mol. The number of carboxylic acid groups (broad SMARTS) is 1. The minimum Gasteiger partial charge on any atom is -0.481 e. The van der Waals surface area contributed by atoms with Crippen LogP contribution in [0.2, 0.25) is 0 Å². The molecule has 1 aliphatic rings. The molecule has 0 aliphatic carbocycles. The number of carbonyl (C=O) groups excluding carboxylic acids is 1. The van der Waals surface area contributed by atoms with Crippen molar-refractivity contribution in [2.24, 2.45) is 5.41 Å². The van der Waals surface area contributed by atoms with E-state index in [2.05, 4.69) is 15.9 Å². The smallest absolute Gasteiger partial charge is 0.313 e. The van der Waals surface area contributed by atoms with Crippen molar-refractivity contribution in [3.63, 3.8) is 0 Å². The van der Waals surface area contributed by atoms with Crippen molar-refractivity contribution in [1.82, 2.24) is 4.90 Å². The van der Waals surface area contributed by atoms with E-state index in [4.69, 9.17) is 4.74 Å². The van der Waals surface area contributed by atoms with Gasteiger partial charge in [-0.05, 0) is 44.4 Å². The number of benzene rings is 1. The van der Waals surface area contributed by atoms with Crippen LogP contribution in [0.4, 0.5) is 0 Å². The molecule has 1 amide bonds. The number of rotatable bonds is 5. The quantitative estimate of drug-likeness (QED) is 0.828. The average molecular weight is 398 g/mol. The van der Waals surface area contributed by atoms with Gasteiger partial charge in [-0.25, -0.2) is 0 Å². The summed E-state index contributed by atoms with van der Waals surface area (Å²) in [5.74, 6) is -0.955. The van der Waals surface area contributed by atoms with Crippen LogP contribution in [0.15, 0.2) is 28.7 Å². The molecule has 0 spiro atoms. The zero-order chi connectivity index (χ0) is 18.0. The molecular formula is C18H24BrNO4. The van der Waals surface area contributed by atoms with Gasteiger partial charge in [0.1, 0.15) is 5.41 Å². The van der Waals surface area contributed by atoms with E-state index < -0.39 is 16.8 Å². The SMILES string of the molecule is COCC1(C(=O)O)CCCN(C(=O)C(C)(C)c2cccc(Br)c2)C1. The number of amides is 1. The summed E-state index contributed by atoms with van der Waals surface area (Å²) in [4.78, 5) is 26.6. The average Bonchev–Trinajstić information content (AvgIpc) is 2.54. The molecule has 1 fully saturated rings. The molecule has 1 aliphatic heterocycles. The summed E-state index contributed by atoms with van der Waals surface area (Å²) in [6, 6.07) is 7.67. The number of carboxylic acids is 1. The van der Waals surface area contributed by atoms with Gasteiger partial charge < -0.3 is 14.7 Å². The van der Waals surface area contributed by atoms with Crippen molar-refractivity contribution < 1.29 is 19.4 Å². The highest BCUT2D eigenvalue weighted by molar-refractivity contribution is 9.10. The normalized spacial score (nSPS) is 21.6. The molecule has 0 aromatic heterocycles. The predicted octanol–water partition coefficient (Wildman–Crippen LogP) is 3.07. The van der Waals surface area contributed by atoms with Crippen LogP contribution in [0.3, 0.4) is 0 Å². The van der Waals surface area contributed by atoms with Gasteiger partial charge in [0.15, 0.2) is 0 Å². The van der Waals surface area contributed by atoms with Crippen molar-refractivity contribution in [3.05, 3.63) is 34.3 Å². The number of hydrogen-bond donors (Lipinski definition) is 1. The molecule has 24 heavy (non-hydrogen) atoms. The second-order valence-electron chi connectivity index (χ2n) is 6.98. The van der Waals surface area contributed by atoms with Gasteiger partial charge in [-0.15, -0.1) is 0 Å². The number of aliphatic carboxylic acids is 1. The highest BCUT2D eigenvalue weighted by Crippen LogP contribution is 2.34. The van der Waals surface area contributed by atoms with Gasteiger partial charge in [0.25, 0.3) is 0 Å². The molecule has 1 aromatic carbocycles. The minimum atomic E-state index is -1.02. The van der Waals surface area contributed by atoms with E-state index in [-0.39, 0.29) is 19.1 Å². The number of piperidine rings is 1. The summed E-state index contributed by atoms with van der Waals surface area (Å²) >= 11 is 3.44. The number of carbonyl (C=O) groups is 2. The lowest BCUT2D eigenvalue weighted by molar-refractivity contribution is -0.160. The van der Waals surface area contributed by atoms with E-state index >= 15 is 0 Å². The van der Waals surface area contributed by atoms with Crippen LogP contribution in [0.1, 0.15) is 32.3 Å². The number of nitrogens with zero attached hydrogens (tertiary/aromatic N) is 1. The Balaban J connectivity index is 2.26. The Morgan fingerprint density at radius 3 is 2.71 bits per heavy atom. The maximum Gasteiger partial charge on any atom is 0.313 e. The van der Waals surface area contributed by atoms with Crippen LogP contribution in [-0.4, -0.2) is 48.7 Å². The summed E-state index contributed by atoms with van der Waals surface area (Å²) in [6.45, 7) is 4.64. The molecule has 2 rings (SSSR count). The molecule has 132 valence electrons. The van der Waals surface area contributed by atoms with Crippen LogP contribution in [0.5, 0.6) is 0 Å². The molecule has 1 heterocycles. The zero-order valence-electron chi connectivity index (χ0n) is 14.3. The Labute approximate surface area is 151 Å². The predicted molar refractivity (Wildman–Crippen MR) is 94.9 cm³/mol. The molecule has 0 bridgehead atoms. The van der Waals surface area contributed by atoms with Crippen molar-refractivity contribution >= 4 is 27.8 Å². The first-order chi connectivity index (χ1) is 11.2. The fourth-order valence-electron chi connectivity index (χ4n) is 3.33. The van der Waals surface area contributed by atoms with Crippen LogP contribution in [0, 0.1) is 5.41 Å². The van der Waals surface area contributed by atoms with Gasteiger partial charge in [0, 0.05) is 24.7 Å². The third-order valence-electron chi connectivity index (χ3n) is 4.82. The molecule has 1 N–H and O–H groups in total. The van der Waals surface area contributed by atoms with E-state index in [1.165, 1.54) is 7.11 Å². The maximum atomic E-state index is 13.1. The van der Waals surface area contributed by atoms with E-state index in [1.54, 1.807) is 4.90 Å². The molecule has 5 nitrogen and oxygen atoms in total. The Morgan fingerprint density at radius 2 is 2.12 bits per heavy atom. The molecule has 0 saturated carbocycles. The number of halogens is 1. The van der Waals surface area contributed by atoms with Gasteiger partial charge in [-0.2, -0.15) is 0 Å².